The van der Waals surface area contributed by atoms with Gasteiger partial charge in [0, 0.05) is 50.9 Å². The lowest BCUT2D eigenvalue weighted by Gasteiger charge is -2.34. The van der Waals surface area contributed by atoms with Crippen LogP contribution in [0.4, 0.5) is 5.69 Å². The molecule has 0 bridgehead atoms. The lowest BCUT2D eigenvalue weighted by atomic mass is 9.86. The Bertz CT molecular complexity index is 1410. The SMILES string of the molecule is CCOc1cc(N2CCN(C)CC2)ccc1-c1nc2c(c(C3CCCCC3)nn2C)c(=O)[nH]1.CS(=O)(=O)O. The summed E-state index contributed by atoms with van der Waals surface area (Å²) in [6, 6.07) is 6.19. The molecule has 1 saturated carbocycles. The third kappa shape index (κ3) is 6.72. The fraction of sp³-hybridized carbons (Fsp3) is 0.577. The molecule has 0 atom stereocenters. The van der Waals surface area contributed by atoms with Crippen molar-refractivity contribution in [2.75, 3.05) is 51.0 Å². The van der Waals surface area contributed by atoms with E-state index in [4.69, 9.17) is 19.4 Å². The monoisotopic (exact) mass is 546 g/mol. The van der Waals surface area contributed by atoms with E-state index in [2.05, 4.69) is 34.0 Å². The van der Waals surface area contributed by atoms with Gasteiger partial charge in [0.2, 0.25) is 0 Å². The number of piperazine rings is 1. The van der Waals surface area contributed by atoms with Gasteiger partial charge in [0.25, 0.3) is 15.7 Å². The minimum absolute atomic E-state index is 0.116. The molecule has 2 fully saturated rings. The van der Waals surface area contributed by atoms with Gasteiger partial charge in [-0.05, 0) is 38.9 Å². The molecule has 0 amide bonds. The van der Waals surface area contributed by atoms with E-state index in [1.54, 1.807) is 4.68 Å². The number of nitrogens with zero attached hydrogens (tertiary/aromatic N) is 5. The van der Waals surface area contributed by atoms with E-state index in [9.17, 15) is 13.2 Å². The Hall–Kier alpha value is -2.96. The molecule has 1 aliphatic heterocycles. The number of H-pyrrole nitrogens is 1. The van der Waals surface area contributed by atoms with Gasteiger partial charge in [0.1, 0.15) is 17.0 Å². The highest BCUT2D eigenvalue weighted by atomic mass is 32.2. The maximum Gasteiger partial charge on any atom is 0.262 e. The molecular formula is C26H38N6O5S. The van der Waals surface area contributed by atoms with Crippen molar-refractivity contribution < 1.29 is 17.7 Å². The van der Waals surface area contributed by atoms with Crippen molar-refractivity contribution in [1.29, 1.82) is 0 Å². The Morgan fingerprint density at radius 3 is 2.39 bits per heavy atom. The van der Waals surface area contributed by atoms with E-state index >= 15 is 0 Å². The van der Waals surface area contributed by atoms with E-state index in [0.29, 0.717) is 35.6 Å². The molecule has 1 saturated heterocycles. The highest BCUT2D eigenvalue weighted by Gasteiger charge is 2.25. The Labute approximate surface area is 223 Å². The second kappa shape index (κ2) is 11.8. The fourth-order valence-corrected chi connectivity index (χ4v) is 5.22. The van der Waals surface area contributed by atoms with Crippen molar-refractivity contribution in [2.24, 2.45) is 7.05 Å². The van der Waals surface area contributed by atoms with Gasteiger partial charge in [-0.3, -0.25) is 9.35 Å². The van der Waals surface area contributed by atoms with E-state index in [-0.39, 0.29) is 5.56 Å². The van der Waals surface area contributed by atoms with Gasteiger partial charge in [0.05, 0.1) is 24.1 Å². The predicted octanol–water partition coefficient (Wildman–Crippen LogP) is 3.03. The van der Waals surface area contributed by atoms with Gasteiger partial charge in [-0.15, -0.1) is 0 Å². The number of hydrogen-bond acceptors (Lipinski definition) is 8. The van der Waals surface area contributed by atoms with Gasteiger partial charge < -0.3 is 19.5 Å². The first-order valence-electron chi connectivity index (χ1n) is 13.1. The van der Waals surface area contributed by atoms with Crippen LogP contribution in [0, 0.1) is 0 Å². The van der Waals surface area contributed by atoms with Crippen molar-refractivity contribution >= 4 is 26.8 Å². The standard InChI is InChI=1S/C25H34N6O2.CH4O3S/c1-4-33-20-16-18(31-14-12-29(2)13-15-31)10-11-19(20)23-26-24-21(25(32)27-23)22(28-30(24)3)17-8-6-5-7-9-17;1-5(2,3)4/h10-11,16-17H,4-9,12-15H2,1-3H3,(H,26,27,32);1H3,(H,2,3,4). The van der Waals surface area contributed by atoms with Gasteiger partial charge in [-0.1, -0.05) is 19.3 Å². The molecule has 2 N–H and O–H groups in total. The summed E-state index contributed by atoms with van der Waals surface area (Å²) in [4.78, 5) is 25.9. The van der Waals surface area contributed by atoms with Crippen LogP contribution in [0.2, 0.25) is 0 Å². The molecule has 2 aromatic heterocycles. The number of aromatic nitrogens is 4. The quantitative estimate of drug-likeness (QED) is 0.463. The number of nitrogens with one attached hydrogen (secondary N) is 1. The van der Waals surface area contributed by atoms with Crippen LogP contribution in [0.3, 0.4) is 0 Å². The molecule has 38 heavy (non-hydrogen) atoms. The van der Waals surface area contributed by atoms with Crippen LogP contribution in [0.25, 0.3) is 22.4 Å². The zero-order chi connectivity index (χ0) is 27.4. The summed E-state index contributed by atoms with van der Waals surface area (Å²) in [7, 11) is 0.368. The molecule has 0 spiro atoms. The highest BCUT2D eigenvalue weighted by Crippen LogP contribution is 2.36. The molecule has 0 radical (unpaired) electrons. The van der Waals surface area contributed by atoms with Crippen molar-refractivity contribution in [3.8, 4) is 17.1 Å². The van der Waals surface area contributed by atoms with Crippen molar-refractivity contribution in [3.05, 3.63) is 34.2 Å². The number of rotatable bonds is 5. The summed E-state index contributed by atoms with van der Waals surface area (Å²) < 4.78 is 33.6. The third-order valence-corrected chi connectivity index (χ3v) is 7.10. The first-order valence-corrected chi connectivity index (χ1v) is 15.0. The topological polar surface area (TPSA) is 134 Å². The van der Waals surface area contributed by atoms with Crippen molar-refractivity contribution in [1.82, 2.24) is 24.6 Å². The predicted molar refractivity (Wildman–Crippen MR) is 149 cm³/mol. The summed E-state index contributed by atoms with van der Waals surface area (Å²) >= 11 is 0. The zero-order valence-corrected chi connectivity index (χ0v) is 23.4. The Morgan fingerprint density at radius 1 is 1.11 bits per heavy atom. The lowest BCUT2D eigenvalue weighted by molar-refractivity contribution is 0.312. The average molecular weight is 547 g/mol. The van der Waals surface area contributed by atoms with Crippen LogP contribution in [0.15, 0.2) is 23.0 Å². The minimum Gasteiger partial charge on any atom is -0.493 e. The number of likely N-dealkylation sites (N-methyl/N-ethyl adjacent to an activating group) is 1. The van der Waals surface area contributed by atoms with Crippen LogP contribution in [-0.4, -0.2) is 83.7 Å². The number of benzene rings is 1. The Kier molecular flexibility index (Phi) is 8.74. The molecule has 3 aromatic rings. The van der Waals surface area contributed by atoms with E-state index in [1.807, 2.05) is 20.0 Å². The number of aryl methyl sites for hydroxylation is 1. The summed E-state index contributed by atoms with van der Waals surface area (Å²) in [6.45, 7) is 6.58. The summed E-state index contributed by atoms with van der Waals surface area (Å²) in [6.07, 6.45) is 6.56. The molecule has 11 nitrogen and oxygen atoms in total. The molecule has 2 aliphatic rings. The number of anilines is 1. The summed E-state index contributed by atoms with van der Waals surface area (Å²) in [5.41, 5.74) is 3.37. The average Bonchev–Trinajstić information content (AvgIpc) is 3.21. The molecular weight excluding hydrogens is 508 g/mol. The molecule has 5 rings (SSSR count). The van der Waals surface area contributed by atoms with Crippen LogP contribution in [0.1, 0.15) is 50.6 Å². The van der Waals surface area contributed by atoms with Crippen LogP contribution < -0.4 is 15.2 Å². The largest absolute Gasteiger partial charge is 0.493 e. The maximum absolute atomic E-state index is 13.3. The van der Waals surface area contributed by atoms with Gasteiger partial charge in [0.15, 0.2) is 5.65 Å². The first-order chi connectivity index (χ1) is 18.0. The normalized spacial score (nSPS) is 17.3. The van der Waals surface area contributed by atoms with E-state index in [1.165, 1.54) is 19.3 Å². The lowest BCUT2D eigenvalue weighted by Crippen LogP contribution is -2.44. The van der Waals surface area contributed by atoms with Crippen LogP contribution in [-0.2, 0) is 17.2 Å². The van der Waals surface area contributed by atoms with Crippen LogP contribution >= 0.6 is 0 Å². The molecule has 1 aromatic carbocycles. The minimum atomic E-state index is -3.67. The summed E-state index contributed by atoms with van der Waals surface area (Å²) in [5.74, 6) is 1.61. The zero-order valence-electron chi connectivity index (χ0n) is 22.6. The number of hydrogen-bond donors (Lipinski definition) is 2. The number of fused-ring (bicyclic) bond motifs is 1. The Balaban J connectivity index is 0.000000617. The third-order valence-electron chi connectivity index (χ3n) is 7.10. The molecule has 208 valence electrons. The second-order valence-corrected chi connectivity index (χ2v) is 11.6. The number of ether oxygens (including phenoxy) is 1. The van der Waals surface area contributed by atoms with Gasteiger partial charge in [-0.2, -0.15) is 13.5 Å². The first kappa shape index (κ1) is 28.1. The Morgan fingerprint density at radius 2 is 1.76 bits per heavy atom. The van der Waals surface area contributed by atoms with Gasteiger partial charge in [-0.25, -0.2) is 9.67 Å². The van der Waals surface area contributed by atoms with E-state index in [0.717, 1.165) is 61.7 Å². The summed E-state index contributed by atoms with van der Waals surface area (Å²) in [5, 5.41) is 5.38. The highest BCUT2D eigenvalue weighted by molar-refractivity contribution is 7.85. The second-order valence-electron chi connectivity index (χ2n) is 10.1. The van der Waals surface area contributed by atoms with Crippen molar-refractivity contribution in [2.45, 2.75) is 44.9 Å². The molecule has 1 aliphatic carbocycles. The smallest absolute Gasteiger partial charge is 0.262 e. The van der Waals surface area contributed by atoms with Crippen LogP contribution in [0.5, 0.6) is 5.75 Å². The maximum atomic E-state index is 13.3. The molecule has 0 unspecified atom stereocenters. The molecule has 12 heteroatoms. The number of aromatic amines is 1. The van der Waals surface area contributed by atoms with E-state index < -0.39 is 10.1 Å². The molecule has 3 heterocycles. The van der Waals surface area contributed by atoms with Gasteiger partial charge >= 0.3 is 0 Å². The fourth-order valence-electron chi connectivity index (χ4n) is 5.22. The van der Waals surface area contributed by atoms with Crippen molar-refractivity contribution in [3.63, 3.8) is 0 Å².